The number of benzene rings is 1. The average molecular weight is 605 g/mol. The summed E-state index contributed by atoms with van der Waals surface area (Å²) in [6.07, 6.45) is 3.20. The molecule has 3 aliphatic rings. The number of anilines is 2. The van der Waals surface area contributed by atoms with Crippen molar-refractivity contribution in [1.82, 2.24) is 29.5 Å². The summed E-state index contributed by atoms with van der Waals surface area (Å²) < 4.78 is 47.4. The van der Waals surface area contributed by atoms with Gasteiger partial charge >= 0.3 is 6.18 Å². The van der Waals surface area contributed by atoms with Gasteiger partial charge < -0.3 is 19.1 Å². The van der Waals surface area contributed by atoms with Crippen molar-refractivity contribution >= 4 is 17.4 Å². The van der Waals surface area contributed by atoms with Crippen molar-refractivity contribution in [2.75, 3.05) is 23.5 Å². The third kappa shape index (κ3) is 4.93. The van der Waals surface area contributed by atoms with Crippen LogP contribution in [-0.2, 0) is 30.5 Å². The number of hydrogen-bond donors (Lipinski definition) is 0. The number of fused-ring (bicyclic) bond motifs is 4. The van der Waals surface area contributed by atoms with Crippen LogP contribution in [0.3, 0.4) is 0 Å². The fourth-order valence-electron chi connectivity index (χ4n) is 6.22. The molecule has 7 rings (SSSR count). The van der Waals surface area contributed by atoms with Gasteiger partial charge in [0.1, 0.15) is 23.4 Å². The van der Waals surface area contributed by atoms with Crippen molar-refractivity contribution in [3.05, 3.63) is 59.4 Å². The first-order valence-electron chi connectivity index (χ1n) is 14.7. The van der Waals surface area contributed by atoms with Gasteiger partial charge in [0, 0.05) is 36.8 Å². The number of halogens is 3. The zero-order chi connectivity index (χ0) is 30.7. The van der Waals surface area contributed by atoms with Gasteiger partial charge in [-0.25, -0.2) is 24.9 Å². The lowest BCUT2D eigenvalue weighted by Crippen LogP contribution is -2.49. The Morgan fingerprint density at radius 2 is 1.93 bits per heavy atom. The number of aromatic nitrogens is 6. The molecular weight excluding hydrogens is 573 g/mol. The minimum atomic E-state index is -4.51. The number of methoxy groups -OCH3 is 1. The summed E-state index contributed by atoms with van der Waals surface area (Å²) >= 11 is 0. The van der Waals surface area contributed by atoms with Crippen LogP contribution >= 0.6 is 0 Å². The molecular formula is C31H31F3N8O2. The van der Waals surface area contributed by atoms with Crippen LogP contribution in [0, 0.1) is 0 Å². The van der Waals surface area contributed by atoms with Crippen LogP contribution in [0.5, 0.6) is 5.88 Å². The molecule has 4 aromatic rings. The molecule has 44 heavy (non-hydrogen) atoms. The minimum absolute atomic E-state index is 0.0698. The number of imidazole rings is 1. The minimum Gasteiger partial charge on any atom is -0.480 e. The molecule has 0 saturated heterocycles. The Kier molecular flexibility index (Phi) is 6.78. The first-order valence-corrected chi connectivity index (χ1v) is 14.7. The van der Waals surface area contributed by atoms with Crippen molar-refractivity contribution in [3.63, 3.8) is 0 Å². The van der Waals surface area contributed by atoms with Crippen molar-refractivity contribution in [2.24, 2.45) is 0 Å². The van der Waals surface area contributed by atoms with Crippen LogP contribution < -0.4 is 14.5 Å². The molecule has 228 valence electrons. The van der Waals surface area contributed by atoms with Gasteiger partial charge in [-0.3, -0.25) is 4.79 Å². The molecule has 13 heteroatoms. The second-order valence-corrected chi connectivity index (χ2v) is 11.8. The van der Waals surface area contributed by atoms with Crippen molar-refractivity contribution < 1.29 is 22.7 Å². The molecule has 1 aromatic carbocycles. The maximum atomic E-state index is 13.4. The molecule has 1 amide bonds. The lowest BCUT2D eigenvalue weighted by molar-refractivity contribution is -0.140. The Labute approximate surface area is 252 Å². The topological polar surface area (TPSA) is 102 Å². The fraction of sp³-hybridized carbons (Fsp3) is 0.419. The molecule has 0 bridgehead atoms. The third-order valence-electron chi connectivity index (χ3n) is 8.34. The van der Waals surface area contributed by atoms with Gasteiger partial charge in [-0.1, -0.05) is 18.2 Å². The number of rotatable bonds is 6. The average Bonchev–Trinajstić information content (AvgIpc) is 3.77. The summed E-state index contributed by atoms with van der Waals surface area (Å²) in [6, 6.07) is 5.62. The first kappa shape index (κ1) is 28.2. The van der Waals surface area contributed by atoms with E-state index >= 15 is 0 Å². The summed E-state index contributed by atoms with van der Waals surface area (Å²) in [4.78, 5) is 39.5. The Morgan fingerprint density at radius 1 is 1.11 bits per heavy atom. The van der Waals surface area contributed by atoms with Crippen LogP contribution in [0.1, 0.15) is 61.5 Å². The molecule has 0 radical (unpaired) electrons. The van der Waals surface area contributed by atoms with Crippen LogP contribution in [0.2, 0.25) is 0 Å². The Balaban J connectivity index is 1.27. The third-order valence-corrected chi connectivity index (χ3v) is 8.34. The maximum Gasteiger partial charge on any atom is 0.434 e. The lowest BCUT2D eigenvalue weighted by Gasteiger charge is -2.38. The maximum absolute atomic E-state index is 13.4. The number of nitrogens with zero attached hydrogens (tertiary/aromatic N) is 8. The number of alkyl halides is 3. The van der Waals surface area contributed by atoms with E-state index in [1.807, 2.05) is 36.9 Å². The van der Waals surface area contributed by atoms with Gasteiger partial charge in [0.05, 0.1) is 25.5 Å². The highest BCUT2D eigenvalue weighted by molar-refractivity contribution is 6.02. The molecule has 1 fully saturated rings. The summed E-state index contributed by atoms with van der Waals surface area (Å²) in [5, 5.41) is 0. The van der Waals surface area contributed by atoms with E-state index in [4.69, 9.17) is 9.72 Å². The van der Waals surface area contributed by atoms with E-state index in [0.717, 1.165) is 35.9 Å². The monoisotopic (exact) mass is 604 g/mol. The van der Waals surface area contributed by atoms with Crippen molar-refractivity contribution in [2.45, 2.75) is 70.8 Å². The summed E-state index contributed by atoms with van der Waals surface area (Å²) in [5.74, 6) is 1.99. The van der Waals surface area contributed by atoms with E-state index in [0.29, 0.717) is 72.0 Å². The summed E-state index contributed by atoms with van der Waals surface area (Å²) in [7, 11) is 1.56. The van der Waals surface area contributed by atoms with E-state index < -0.39 is 11.9 Å². The highest BCUT2D eigenvalue weighted by atomic mass is 19.4. The highest BCUT2D eigenvalue weighted by Crippen LogP contribution is 2.46. The molecule has 1 saturated carbocycles. The molecule has 5 heterocycles. The predicted octanol–water partition coefficient (Wildman–Crippen LogP) is 5.41. The fourth-order valence-corrected chi connectivity index (χ4v) is 6.22. The summed E-state index contributed by atoms with van der Waals surface area (Å²) in [5.41, 5.74) is 3.77. The second-order valence-electron chi connectivity index (χ2n) is 11.8. The summed E-state index contributed by atoms with van der Waals surface area (Å²) in [6.45, 7) is 4.83. The molecule has 0 atom stereocenters. The Morgan fingerprint density at radius 3 is 2.66 bits per heavy atom. The predicted molar refractivity (Wildman–Crippen MR) is 156 cm³/mol. The molecule has 0 unspecified atom stereocenters. The SMILES string of the molecule is COc1ncnc(C2CC2)c1-c1ncc2c(n1)N(Cc1ccc3c(c1)CCCn1cc(C(F)(F)F)nc1-3)CC(=O)N2C(C)C. The Hall–Kier alpha value is -4.55. The quantitative estimate of drug-likeness (QED) is 0.288. The van der Waals surface area contributed by atoms with Gasteiger partial charge in [-0.05, 0) is 50.7 Å². The second kappa shape index (κ2) is 10.6. The molecule has 10 nitrogen and oxygen atoms in total. The van der Waals surface area contributed by atoms with E-state index in [9.17, 15) is 18.0 Å². The van der Waals surface area contributed by atoms with Crippen molar-refractivity contribution in [1.29, 1.82) is 0 Å². The molecule has 0 N–H and O–H groups in total. The smallest absolute Gasteiger partial charge is 0.434 e. The molecule has 0 spiro atoms. The van der Waals surface area contributed by atoms with Crippen LogP contribution in [0.4, 0.5) is 24.7 Å². The largest absolute Gasteiger partial charge is 0.480 e. The van der Waals surface area contributed by atoms with E-state index in [2.05, 4.69) is 19.9 Å². The zero-order valence-electron chi connectivity index (χ0n) is 24.6. The number of hydrogen-bond acceptors (Lipinski definition) is 8. The van der Waals surface area contributed by atoms with Crippen molar-refractivity contribution in [3.8, 4) is 28.7 Å². The number of ether oxygens (including phenoxy) is 1. The standard InChI is InChI=1S/C31H31F3N8O2/c1-17(2)42-22-12-35-27(25-26(19-7-8-19)36-16-37-30(25)44-3)39-29(22)41(15-24(42)43)13-18-6-9-21-20(11-18)5-4-10-40-14-23(31(32,33)34)38-28(21)40/h6,9,11-12,14,16-17,19H,4-5,7-8,10,13,15H2,1-3H3. The zero-order valence-corrected chi connectivity index (χ0v) is 24.6. The first-order chi connectivity index (χ1) is 21.1. The highest BCUT2D eigenvalue weighted by Gasteiger charge is 2.37. The van der Waals surface area contributed by atoms with Crippen LogP contribution in [0.25, 0.3) is 22.8 Å². The van der Waals surface area contributed by atoms with Crippen LogP contribution in [-0.4, -0.2) is 55.1 Å². The molecule has 1 aliphatic carbocycles. The van der Waals surface area contributed by atoms with Gasteiger partial charge in [-0.15, -0.1) is 0 Å². The van der Waals surface area contributed by atoms with Gasteiger partial charge in [0.2, 0.25) is 11.8 Å². The molecule has 2 aliphatic heterocycles. The Bertz CT molecular complexity index is 1770. The molecule has 3 aromatic heterocycles. The lowest BCUT2D eigenvalue weighted by atomic mass is 10.00. The van der Waals surface area contributed by atoms with E-state index in [1.165, 1.54) is 6.33 Å². The number of carbonyl (C=O) groups is 1. The van der Waals surface area contributed by atoms with E-state index in [1.54, 1.807) is 22.8 Å². The normalized spacial score (nSPS) is 16.5. The number of aryl methyl sites for hydroxylation is 2. The van der Waals surface area contributed by atoms with Gasteiger partial charge in [-0.2, -0.15) is 13.2 Å². The van der Waals surface area contributed by atoms with Gasteiger partial charge in [0.15, 0.2) is 17.3 Å². The van der Waals surface area contributed by atoms with E-state index in [-0.39, 0.29) is 18.5 Å². The number of carbonyl (C=O) groups excluding carboxylic acids is 1. The van der Waals surface area contributed by atoms with Crippen LogP contribution in [0.15, 0.2) is 36.9 Å². The number of amides is 1. The van der Waals surface area contributed by atoms with Gasteiger partial charge in [0.25, 0.3) is 0 Å².